The predicted octanol–water partition coefficient (Wildman–Crippen LogP) is 3.94. The second kappa shape index (κ2) is 5.19. The molecule has 0 saturated carbocycles. The zero-order valence-corrected chi connectivity index (χ0v) is 11.2. The predicted molar refractivity (Wildman–Crippen MR) is 63.3 cm³/mol. The van der Waals surface area contributed by atoms with E-state index in [-0.39, 0.29) is 12.2 Å². The minimum absolute atomic E-state index is 0.140. The summed E-state index contributed by atoms with van der Waals surface area (Å²) < 4.78 is 48.4. The van der Waals surface area contributed by atoms with Gasteiger partial charge in [0, 0.05) is 4.47 Å². The number of epoxide rings is 1. The molecule has 1 aromatic rings. The molecule has 1 aliphatic rings. The Morgan fingerprint density at radius 1 is 1.50 bits per heavy atom. The van der Waals surface area contributed by atoms with E-state index >= 15 is 0 Å². The van der Waals surface area contributed by atoms with Gasteiger partial charge in [-0.15, -0.1) is 0 Å². The van der Waals surface area contributed by atoms with Crippen molar-refractivity contribution in [2.75, 3.05) is 13.2 Å². The number of hydrogen-bond acceptors (Lipinski definition) is 2. The summed E-state index contributed by atoms with van der Waals surface area (Å²) in [5, 5.41) is 0. The molecule has 18 heavy (non-hydrogen) atoms. The first-order valence-corrected chi connectivity index (χ1v) is 6.27. The summed E-state index contributed by atoms with van der Waals surface area (Å²) in [4.78, 5) is 0. The Balaban J connectivity index is 2.08. The zero-order valence-electron chi connectivity index (χ0n) is 9.63. The third-order valence-electron chi connectivity index (χ3n) is 2.70. The molecule has 2 rings (SSSR count). The Labute approximate surface area is 111 Å². The number of hydrogen-bond donors (Lipinski definition) is 0. The fourth-order valence-corrected chi connectivity index (χ4v) is 2.24. The summed E-state index contributed by atoms with van der Waals surface area (Å²) >= 11 is 3.15. The Bertz CT molecular complexity index is 430. The maximum atomic E-state index is 12.5. The highest BCUT2D eigenvalue weighted by atomic mass is 79.9. The lowest BCUT2D eigenvalue weighted by molar-refractivity contribution is -0.137. The van der Waals surface area contributed by atoms with Crippen LogP contribution in [0, 0.1) is 0 Å². The molecule has 2 nitrogen and oxygen atoms in total. The second-order valence-electron chi connectivity index (χ2n) is 4.16. The molecule has 1 saturated heterocycles. The molecule has 0 amide bonds. The average molecular weight is 325 g/mol. The van der Waals surface area contributed by atoms with Gasteiger partial charge in [0.2, 0.25) is 0 Å². The average Bonchev–Trinajstić information content (AvgIpc) is 3.08. The highest BCUT2D eigenvalue weighted by molar-refractivity contribution is 9.10. The maximum absolute atomic E-state index is 12.5. The van der Waals surface area contributed by atoms with Crippen LogP contribution in [0.4, 0.5) is 13.2 Å². The zero-order chi connectivity index (χ0) is 13.3. The molecule has 1 heterocycles. The van der Waals surface area contributed by atoms with Gasteiger partial charge in [-0.25, -0.2) is 0 Å². The Hall–Kier alpha value is -0.590. The van der Waals surface area contributed by atoms with Crippen LogP contribution >= 0.6 is 15.9 Å². The van der Waals surface area contributed by atoms with Gasteiger partial charge < -0.3 is 9.47 Å². The Morgan fingerprint density at radius 3 is 2.67 bits per heavy atom. The summed E-state index contributed by atoms with van der Waals surface area (Å²) in [6.45, 7) is 2.96. The topological polar surface area (TPSA) is 21.8 Å². The van der Waals surface area contributed by atoms with Crippen molar-refractivity contribution in [3.05, 3.63) is 33.8 Å². The molecule has 100 valence electrons. The highest BCUT2D eigenvalue weighted by Crippen LogP contribution is 2.34. The molecule has 6 heteroatoms. The van der Waals surface area contributed by atoms with Gasteiger partial charge in [0.05, 0.1) is 24.9 Å². The minimum atomic E-state index is -4.33. The van der Waals surface area contributed by atoms with Crippen molar-refractivity contribution in [2.24, 2.45) is 0 Å². The van der Waals surface area contributed by atoms with Crippen LogP contribution in [-0.4, -0.2) is 19.3 Å². The van der Waals surface area contributed by atoms with Gasteiger partial charge in [0.1, 0.15) is 6.10 Å². The Morgan fingerprint density at radius 2 is 2.17 bits per heavy atom. The first-order chi connectivity index (χ1) is 8.38. The summed E-state index contributed by atoms with van der Waals surface area (Å²) in [6.07, 6.45) is -4.46. The molecule has 1 fully saturated rings. The van der Waals surface area contributed by atoms with Crippen molar-refractivity contribution < 1.29 is 22.6 Å². The lowest BCUT2D eigenvalue weighted by Gasteiger charge is -2.16. The van der Waals surface area contributed by atoms with E-state index in [9.17, 15) is 13.2 Å². The molecule has 2 atom stereocenters. The molecule has 0 aliphatic carbocycles. The van der Waals surface area contributed by atoms with E-state index < -0.39 is 11.7 Å². The van der Waals surface area contributed by atoms with Gasteiger partial charge in [-0.1, -0.05) is 22.0 Å². The molecule has 0 radical (unpaired) electrons. The van der Waals surface area contributed by atoms with E-state index in [1.807, 2.05) is 0 Å². The Kier molecular flexibility index (Phi) is 3.99. The van der Waals surface area contributed by atoms with Crippen LogP contribution in [0.2, 0.25) is 0 Å². The molecule has 1 aromatic carbocycles. The van der Waals surface area contributed by atoms with Gasteiger partial charge in [-0.2, -0.15) is 13.2 Å². The van der Waals surface area contributed by atoms with Gasteiger partial charge in [-0.05, 0) is 24.6 Å². The van der Waals surface area contributed by atoms with E-state index in [4.69, 9.17) is 9.47 Å². The maximum Gasteiger partial charge on any atom is 0.416 e. The van der Waals surface area contributed by atoms with Gasteiger partial charge in [0.25, 0.3) is 0 Å². The van der Waals surface area contributed by atoms with E-state index in [0.29, 0.717) is 23.2 Å². The fraction of sp³-hybridized carbons (Fsp3) is 0.500. The SMILES string of the molecule is C[C@@H](OCC1CO1)c1ccc(C(F)(F)F)cc1Br. The van der Waals surface area contributed by atoms with Crippen molar-refractivity contribution in [3.8, 4) is 0 Å². The number of halogens is 4. The van der Waals surface area contributed by atoms with E-state index in [2.05, 4.69) is 15.9 Å². The highest BCUT2D eigenvalue weighted by Gasteiger charge is 2.31. The smallest absolute Gasteiger partial charge is 0.371 e. The summed E-state index contributed by atoms with van der Waals surface area (Å²) in [7, 11) is 0. The van der Waals surface area contributed by atoms with Gasteiger partial charge in [-0.3, -0.25) is 0 Å². The number of alkyl halides is 3. The molecule has 0 bridgehead atoms. The van der Waals surface area contributed by atoms with E-state index in [1.165, 1.54) is 6.07 Å². The van der Waals surface area contributed by atoms with Crippen LogP contribution in [0.3, 0.4) is 0 Å². The summed E-state index contributed by atoms with van der Waals surface area (Å²) in [6, 6.07) is 3.57. The normalized spacial score (nSPS) is 20.8. The van der Waals surface area contributed by atoms with Crippen LogP contribution in [0.1, 0.15) is 24.2 Å². The fourth-order valence-electron chi connectivity index (χ4n) is 1.54. The van der Waals surface area contributed by atoms with Crippen molar-refractivity contribution in [1.82, 2.24) is 0 Å². The van der Waals surface area contributed by atoms with Crippen molar-refractivity contribution in [3.63, 3.8) is 0 Å². The molecular weight excluding hydrogens is 313 g/mol. The molecular formula is C12H12BrF3O2. The first kappa shape index (κ1) is 13.8. The monoisotopic (exact) mass is 324 g/mol. The lowest BCUT2D eigenvalue weighted by atomic mass is 10.1. The van der Waals surface area contributed by atoms with Crippen molar-refractivity contribution >= 4 is 15.9 Å². The van der Waals surface area contributed by atoms with Gasteiger partial charge in [0.15, 0.2) is 0 Å². The molecule has 1 unspecified atom stereocenters. The number of ether oxygens (including phenoxy) is 2. The molecule has 0 N–H and O–H groups in total. The lowest BCUT2D eigenvalue weighted by Crippen LogP contribution is -2.09. The second-order valence-corrected chi connectivity index (χ2v) is 5.02. The third-order valence-corrected chi connectivity index (χ3v) is 3.39. The third kappa shape index (κ3) is 3.46. The van der Waals surface area contributed by atoms with Crippen molar-refractivity contribution in [1.29, 1.82) is 0 Å². The quantitative estimate of drug-likeness (QED) is 0.782. The number of benzene rings is 1. The van der Waals surface area contributed by atoms with Crippen molar-refractivity contribution in [2.45, 2.75) is 25.3 Å². The molecule has 0 aromatic heterocycles. The molecule has 0 spiro atoms. The standard InChI is InChI=1S/C12H12BrF3O2/c1-7(17-5-9-6-18-9)10-3-2-8(4-11(10)13)12(14,15)16/h2-4,7,9H,5-6H2,1H3/t7-,9?/m1/s1. The largest absolute Gasteiger partial charge is 0.416 e. The minimum Gasteiger partial charge on any atom is -0.371 e. The van der Waals surface area contributed by atoms with Crippen LogP contribution in [0.25, 0.3) is 0 Å². The van der Waals surface area contributed by atoms with Gasteiger partial charge >= 0.3 is 6.18 Å². The summed E-state index contributed by atoms with van der Waals surface area (Å²) in [5.74, 6) is 0. The first-order valence-electron chi connectivity index (χ1n) is 5.48. The molecule has 1 aliphatic heterocycles. The van der Waals surface area contributed by atoms with Crippen LogP contribution in [0.15, 0.2) is 22.7 Å². The van der Waals surface area contributed by atoms with Crippen LogP contribution in [0.5, 0.6) is 0 Å². The summed E-state index contributed by atoms with van der Waals surface area (Å²) in [5.41, 5.74) is 0.0273. The van der Waals surface area contributed by atoms with E-state index in [1.54, 1.807) is 6.92 Å². The van der Waals surface area contributed by atoms with Crippen LogP contribution < -0.4 is 0 Å². The van der Waals surface area contributed by atoms with E-state index in [0.717, 1.165) is 12.1 Å². The van der Waals surface area contributed by atoms with Crippen LogP contribution in [-0.2, 0) is 15.7 Å². The number of rotatable bonds is 4.